The molecule has 6 heteroatoms. The third kappa shape index (κ3) is 2.75. The van der Waals surface area contributed by atoms with Gasteiger partial charge >= 0.3 is 0 Å². The smallest absolute Gasteiger partial charge is 0.138 e. The minimum atomic E-state index is 0.349. The highest BCUT2D eigenvalue weighted by Crippen LogP contribution is 2.25. The first-order valence-corrected chi connectivity index (χ1v) is 6.68. The fraction of sp³-hybridized carbons (Fsp3) is 0.286. The molecule has 0 aliphatic heterocycles. The fourth-order valence-corrected chi connectivity index (χ4v) is 2.34. The Morgan fingerprint density at radius 3 is 2.70 bits per heavy atom. The highest BCUT2D eigenvalue weighted by molar-refractivity contribution is 7.80. The summed E-state index contributed by atoms with van der Waals surface area (Å²) >= 11 is 5.11. The molecule has 2 rings (SSSR count). The van der Waals surface area contributed by atoms with E-state index in [0.29, 0.717) is 4.99 Å². The summed E-state index contributed by atoms with van der Waals surface area (Å²) < 4.78 is 1.76. The lowest BCUT2D eigenvalue weighted by Gasteiger charge is -2.15. The van der Waals surface area contributed by atoms with Crippen molar-refractivity contribution in [3.8, 4) is 0 Å². The number of benzene rings is 1. The van der Waals surface area contributed by atoms with Crippen LogP contribution in [0.4, 0.5) is 17.2 Å². The van der Waals surface area contributed by atoms with Crippen LogP contribution in [0.5, 0.6) is 0 Å². The molecular weight excluding hydrogens is 270 g/mol. The Hall–Kier alpha value is -2.08. The number of aryl methyl sites for hydroxylation is 2. The van der Waals surface area contributed by atoms with Crippen molar-refractivity contribution in [1.29, 1.82) is 0 Å². The van der Waals surface area contributed by atoms with Crippen LogP contribution in [0.1, 0.15) is 11.3 Å². The monoisotopic (exact) mass is 289 g/mol. The van der Waals surface area contributed by atoms with Crippen molar-refractivity contribution in [1.82, 2.24) is 9.78 Å². The first-order chi connectivity index (χ1) is 9.40. The number of thiocarbonyl (C=S) groups is 1. The zero-order valence-corrected chi connectivity index (χ0v) is 13.0. The van der Waals surface area contributed by atoms with Gasteiger partial charge in [-0.15, -0.1) is 0 Å². The zero-order chi connectivity index (χ0) is 14.9. The van der Waals surface area contributed by atoms with E-state index in [4.69, 9.17) is 18.0 Å². The molecule has 0 radical (unpaired) electrons. The van der Waals surface area contributed by atoms with Gasteiger partial charge in [-0.1, -0.05) is 18.3 Å². The molecule has 0 bridgehead atoms. The molecule has 0 saturated carbocycles. The van der Waals surface area contributed by atoms with E-state index in [1.807, 2.05) is 51.2 Å². The fourth-order valence-electron chi connectivity index (χ4n) is 2.10. The molecule has 0 amide bonds. The number of hydrogen-bond donors (Lipinski definition) is 2. The predicted octanol–water partition coefficient (Wildman–Crippen LogP) is 2.17. The highest BCUT2D eigenvalue weighted by Gasteiger charge is 2.15. The minimum Gasteiger partial charge on any atom is -0.389 e. The molecule has 1 aromatic carbocycles. The number of nitrogens with zero attached hydrogens (tertiary/aromatic N) is 3. The summed E-state index contributed by atoms with van der Waals surface area (Å²) in [5.41, 5.74) is 9.49. The van der Waals surface area contributed by atoms with Crippen molar-refractivity contribution in [2.24, 2.45) is 12.8 Å². The molecule has 2 aromatic rings. The summed E-state index contributed by atoms with van der Waals surface area (Å²) in [7, 11) is 5.88. The van der Waals surface area contributed by atoms with Gasteiger partial charge in [0.05, 0.1) is 11.3 Å². The Morgan fingerprint density at radius 1 is 1.40 bits per heavy atom. The van der Waals surface area contributed by atoms with Gasteiger partial charge in [-0.2, -0.15) is 5.10 Å². The summed E-state index contributed by atoms with van der Waals surface area (Å²) in [5, 5.41) is 7.71. The largest absolute Gasteiger partial charge is 0.389 e. The van der Waals surface area contributed by atoms with Crippen molar-refractivity contribution < 1.29 is 0 Å². The molecule has 0 unspecified atom stereocenters. The van der Waals surface area contributed by atoms with Gasteiger partial charge in [0.15, 0.2) is 0 Å². The maximum Gasteiger partial charge on any atom is 0.138 e. The lowest BCUT2D eigenvalue weighted by molar-refractivity contribution is 0.765. The van der Waals surface area contributed by atoms with Gasteiger partial charge in [-0.25, -0.2) is 0 Å². The third-order valence-electron chi connectivity index (χ3n) is 3.09. The van der Waals surface area contributed by atoms with E-state index >= 15 is 0 Å². The van der Waals surface area contributed by atoms with E-state index in [-0.39, 0.29) is 0 Å². The van der Waals surface area contributed by atoms with Crippen molar-refractivity contribution in [2.75, 3.05) is 24.3 Å². The Balaban J connectivity index is 2.40. The van der Waals surface area contributed by atoms with Gasteiger partial charge in [0, 0.05) is 32.5 Å². The van der Waals surface area contributed by atoms with Crippen molar-refractivity contribution in [2.45, 2.75) is 6.92 Å². The molecule has 0 spiro atoms. The summed E-state index contributed by atoms with van der Waals surface area (Å²) in [6, 6.07) is 8.11. The number of anilines is 3. The molecule has 0 atom stereocenters. The van der Waals surface area contributed by atoms with E-state index < -0.39 is 0 Å². The first kappa shape index (κ1) is 14.3. The van der Waals surface area contributed by atoms with Gasteiger partial charge in [0.2, 0.25) is 0 Å². The van der Waals surface area contributed by atoms with Crippen LogP contribution in [0, 0.1) is 6.92 Å². The van der Waals surface area contributed by atoms with Gasteiger partial charge in [-0.3, -0.25) is 4.68 Å². The van der Waals surface area contributed by atoms with Crippen LogP contribution in [-0.2, 0) is 7.05 Å². The normalized spacial score (nSPS) is 10.4. The van der Waals surface area contributed by atoms with Crippen LogP contribution >= 0.6 is 12.2 Å². The van der Waals surface area contributed by atoms with E-state index in [2.05, 4.69) is 16.5 Å². The lowest BCUT2D eigenvalue weighted by Crippen LogP contribution is -2.13. The average molecular weight is 289 g/mol. The molecule has 0 aliphatic rings. The number of hydrogen-bond acceptors (Lipinski definition) is 4. The third-order valence-corrected chi connectivity index (χ3v) is 3.30. The van der Waals surface area contributed by atoms with Crippen molar-refractivity contribution >= 4 is 34.4 Å². The average Bonchev–Trinajstić information content (AvgIpc) is 2.64. The molecule has 5 nitrogen and oxygen atoms in total. The molecule has 20 heavy (non-hydrogen) atoms. The number of nitrogens with one attached hydrogen (secondary N) is 1. The van der Waals surface area contributed by atoms with Crippen LogP contribution in [0.15, 0.2) is 24.3 Å². The van der Waals surface area contributed by atoms with E-state index in [9.17, 15) is 0 Å². The quantitative estimate of drug-likeness (QED) is 0.845. The van der Waals surface area contributed by atoms with Crippen LogP contribution < -0.4 is 16.0 Å². The topological polar surface area (TPSA) is 59.1 Å². The van der Waals surface area contributed by atoms with Gasteiger partial charge in [0.25, 0.3) is 0 Å². The van der Waals surface area contributed by atoms with Gasteiger partial charge < -0.3 is 16.0 Å². The van der Waals surface area contributed by atoms with Crippen molar-refractivity contribution in [3.05, 3.63) is 35.5 Å². The number of nitrogens with two attached hydrogens (primary N) is 1. The Kier molecular flexibility index (Phi) is 3.94. The van der Waals surface area contributed by atoms with Crippen LogP contribution in [0.25, 0.3) is 0 Å². The maximum atomic E-state index is 5.79. The van der Waals surface area contributed by atoms with Crippen LogP contribution in [0.2, 0.25) is 0 Å². The SMILES string of the molecule is Cc1nn(C)c(Nc2cccc(N(C)C)c2)c1C(N)=S. The Bertz CT molecular complexity index is 645. The second-order valence-electron chi connectivity index (χ2n) is 4.87. The minimum absolute atomic E-state index is 0.349. The van der Waals surface area contributed by atoms with Gasteiger partial charge in [0.1, 0.15) is 10.8 Å². The molecule has 1 aromatic heterocycles. The Labute approximate surface area is 124 Å². The molecule has 106 valence electrons. The second kappa shape index (κ2) is 5.50. The summed E-state index contributed by atoms with van der Waals surface area (Å²) in [5.74, 6) is 0.811. The maximum absolute atomic E-state index is 5.79. The van der Waals surface area contributed by atoms with E-state index in [1.165, 1.54) is 0 Å². The standard InChI is InChI=1S/C14H19N5S/c1-9-12(13(15)20)14(19(4)17-9)16-10-6-5-7-11(8-10)18(2)3/h5-8,16H,1-4H3,(H2,15,20). The molecule has 3 N–H and O–H groups in total. The lowest BCUT2D eigenvalue weighted by atomic mass is 10.2. The molecule has 0 fully saturated rings. The summed E-state index contributed by atoms with van der Waals surface area (Å²) in [6.45, 7) is 1.90. The number of rotatable bonds is 4. The second-order valence-corrected chi connectivity index (χ2v) is 5.31. The Morgan fingerprint density at radius 2 is 2.10 bits per heavy atom. The van der Waals surface area contributed by atoms with Crippen molar-refractivity contribution in [3.63, 3.8) is 0 Å². The predicted molar refractivity (Wildman–Crippen MR) is 87.9 cm³/mol. The van der Waals surface area contributed by atoms with Gasteiger partial charge in [-0.05, 0) is 25.1 Å². The summed E-state index contributed by atoms with van der Waals surface area (Å²) in [6.07, 6.45) is 0. The van der Waals surface area contributed by atoms with Crippen LogP contribution in [-0.4, -0.2) is 28.9 Å². The molecular formula is C14H19N5S. The van der Waals surface area contributed by atoms with E-state index in [1.54, 1.807) is 4.68 Å². The molecule has 0 saturated heterocycles. The summed E-state index contributed by atoms with van der Waals surface area (Å²) in [4.78, 5) is 2.40. The molecule has 1 heterocycles. The molecule has 0 aliphatic carbocycles. The first-order valence-electron chi connectivity index (χ1n) is 6.28. The van der Waals surface area contributed by atoms with E-state index in [0.717, 1.165) is 28.5 Å². The highest BCUT2D eigenvalue weighted by atomic mass is 32.1. The van der Waals surface area contributed by atoms with Crippen LogP contribution in [0.3, 0.4) is 0 Å². The number of aromatic nitrogens is 2. The zero-order valence-electron chi connectivity index (χ0n) is 12.1.